The third-order valence-corrected chi connectivity index (χ3v) is 3.16. The van der Waals surface area contributed by atoms with E-state index in [0.717, 1.165) is 17.6 Å². The summed E-state index contributed by atoms with van der Waals surface area (Å²) in [5.74, 6) is 0.734. The maximum atomic E-state index is 11.1. The topological polar surface area (TPSA) is 71.3 Å². The molecule has 0 aliphatic carbocycles. The maximum Gasteiger partial charge on any atom is 0.243 e. The van der Waals surface area contributed by atoms with E-state index in [-0.39, 0.29) is 11.9 Å². The van der Waals surface area contributed by atoms with Crippen LogP contribution in [0.1, 0.15) is 18.4 Å². The molecule has 1 atom stereocenters. The quantitative estimate of drug-likeness (QED) is 0.818. The Kier molecular flexibility index (Phi) is 2.62. The summed E-state index contributed by atoms with van der Waals surface area (Å²) in [6.45, 7) is 2.64. The second-order valence-electron chi connectivity index (χ2n) is 4.58. The minimum absolute atomic E-state index is 0.117. The average molecular weight is 245 g/mol. The van der Waals surface area contributed by atoms with Crippen LogP contribution in [-0.4, -0.2) is 33.1 Å². The van der Waals surface area contributed by atoms with Crippen LogP contribution < -0.4 is 10.6 Å². The number of aromatic nitrogens is 3. The van der Waals surface area contributed by atoms with Crippen LogP contribution >= 0.6 is 0 Å². The van der Waals surface area contributed by atoms with Crippen molar-refractivity contribution in [2.75, 3.05) is 11.9 Å². The van der Waals surface area contributed by atoms with Gasteiger partial charge in [0.25, 0.3) is 0 Å². The summed E-state index contributed by atoms with van der Waals surface area (Å²) in [5, 5.41) is 10.5. The summed E-state index contributed by atoms with van der Waals surface area (Å²) < 4.78 is 1.76. The highest BCUT2D eigenvalue weighted by atomic mass is 16.1. The van der Waals surface area contributed by atoms with Gasteiger partial charge in [0.15, 0.2) is 5.65 Å². The second kappa shape index (κ2) is 4.29. The molecule has 1 aliphatic heterocycles. The van der Waals surface area contributed by atoms with Gasteiger partial charge in [-0.2, -0.15) is 4.98 Å². The number of hydrogen-bond donors (Lipinski definition) is 2. The number of rotatable bonds is 2. The molecule has 94 valence electrons. The normalized spacial score (nSPS) is 19.8. The first kappa shape index (κ1) is 11.0. The zero-order valence-corrected chi connectivity index (χ0v) is 10.2. The van der Waals surface area contributed by atoms with Gasteiger partial charge >= 0.3 is 0 Å². The van der Waals surface area contributed by atoms with Crippen LogP contribution in [-0.2, 0) is 4.79 Å². The third kappa shape index (κ3) is 2.01. The minimum atomic E-state index is 0.117. The number of carbonyl (C=O) groups is 1. The highest BCUT2D eigenvalue weighted by Crippen LogP contribution is 2.13. The fourth-order valence-electron chi connectivity index (χ4n) is 2.14. The molecule has 1 saturated heterocycles. The Labute approximate surface area is 104 Å². The largest absolute Gasteiger partial charge is 0.354 e. The fourth-order valence-corrected chi connectivity index (χ4v) is 2.14. The van der Waals surface area contributed by atoms with Gasteiger partial charge in [0, 0.05) is 25.2 Å². The van der Waals surface area contributed by atoms with Gasteiger partial charge in [-0.15, -0.1) is 5.10 Å². The lowest BCUT2D eigenvalue weighted by molar-refractivity contribution is -0.122. The van der Waals surface area contributed by atoms with Crippen LogP contribution in [0.15, 0.2) is 18.3 Å². The molecule has 1 fully saturated rings. The lowest BCUT2D eigenvalue weighted by Gasteiger charge is -2.22. The van der Waals surface area contributed by atoms with Crippen molar-refractivity contribution in [3.8, 4) is 0 Å². The van der Waals surface area contributed by atoms with Crippen LogP contribution in [0.2, 0.25) is 0 Å². The van der Waals surface area contributed by atoms with Crippen molar-refractivity contribution in [1.82, 2.24) is 19.9 Å². The second-order valence-corrected chi connectivity index (χ2v) is 4.58. The van der Waals surface area contributed by atoms with Crippen molar-refractivity contribution in [2.45, 2.75) is 25.8 Å². The Morgan fingerprint density at radius 3 is 3.17 bits per heavy atom. The monoisotopic (exact) mass is 245 g/mol. The Balaban J connectivity index is 1.79. The van der Waals surface area contributed by atoms with Crippen LogP contribution in [0.5, 0.6) is 0 Å². The number of nitrogens with one attached hydrogen (secondary N) is 2. The predicted molar refractivity (Wildman–Crippen MR) is 67.4 cm³/mol. The highest BCUT2D eigenvalue weighted by molar-refractivity contribution is 5.76. The van der Waals surface area contributed by atoms with Gasteiger partial charge in [-0.05, 0) is 25.0 Å². The SMILES string of the molecule is Cc1cccn2nc(NC3CCC(=O)NC3)nc12. The van der Waals surface area contributed by atoms with E-state index >= 15 is 0 Å². The van der Waals surface area contributed by atoms with E-state index in [0.29, 0.717) is 18.9 Å². The van der Waals surface area contributed by atoms with Gasteiger partial charge in [-0.1, -0.05) is 6.07 Å². The number of piperidine rings is 1. The van der Waals surface area contributed by atoms with Crippen molar-refractivity contribution in [3.05, 3.63) is 23.9 Å². The summed E-state index contributed by atoms with van der Waals surface area (Å²) in [6, 6.07) is 4.16. The average Bonchev–Trinajstić information content (AvgIpc) is 2.76. The lowest BCUT2D eigenvalue weighted by atomic mass is 10.1. The van der Waals surface area contributed by atoms with E-state index in [4.69, 9.17) is 0 Å². The van der Waals surface area contributed by atoms with E-state index in [2.05, 4.69) is 20.7 Å². The van der Waals surface area contributed by atoms with Crippen molar-refractivity contribution in [2.24, 2.45) is 0 Å². The van der Waals surface area contributed by atoms with Gasteiger partial charge in [0.2, 0.25) is 11.9 Å². The standard InChI is InChI=1S/C12H15N5O/c1-8-3-2-6-17-11(8)15-12(16-17)14-9-4-5-10(18)13-7-9/h2-3,6,9H,4-5,7H2,1H3,(H,13,18)(H,14,16). The van der Waals surface area contributed by atoms with Crippen LogP contribution in [0, 0.1) is 6.92 Å². The molecule has 2 aromatic rings. The summed E-state index contributed by atoms with van der Waals surface area (Å²) in [5.41, 5.74) is 1.95. The molecule has 0 saturated carbocycles. The maximum absolute atomic E-state index is 11.1. The number of pyridine rings is 1. The molecule has 1 aliphatic rings. The summed E-state index contributed by atoms with van der Waals surface area (Å²) in [4.78, 5) is 15.5. The molecule has 1 amide bonds. The molecule has 2 N–H and O–H groups in total. The summed E-state index contributed by atoms with van der Waals surface area (Å²) in [7, 11) is 0. The van der Waals surface area contributed by atoms with Crippen LogP contribution in [0.4, 0.5) is 5.95 Å². The molecule has 6 heteroatoms. The smallest absolute Gasteiger partial charge is 0.243 e. The van der Waals surface area contributed by atoms with Crippen LogP contribution in [0.3, 0.4) is 0 Å². The van der Waals surface area contributed by atoms with Crippen molar-refractivity contribution < 1.29 is 4.79 Å². The lowest BCUT2D eigenvalue weighted by Crippen LogP contribution is -2.42. The first-order chi connectivity index (χ1) is 8.72. The molecule has 3 heterocycles. The molecule has 6 nitrogen and oxygen atoms in total. The first-order valence-corrected chi connectivity index (χ1v) is 6.07. The number of carbonyl (C=O) groups excluding carboxylic acids is 1. The Hall–Kier alpha value is -2.11. The molecule has 3 rings (SSSR count). The Morgan fingerprint density at radius 2 is 2.44 bits per heavy atom. The molecule has 0 aromatic carbocycles. The number of aryl methyl sites for hydroxylation is 1. The Bertz CT molecular complexity index is 581. The zero-order valence-electron chi connectivity index (χ0n) is 10.2. The van der Waals surface area contributed by atoms with E-state index in [1.807, 2.05) is 25.3 Å². The molecule has 0 radical (unpaired) electrons. The molecule has 0 spiro atoms. The predicted octanol–water partition coefficient (Wildman–Crippen LogP) is 0.728. The van der Waals surface area contributed by atoms with E-state index < -0.39 is 0 Å². The number of hydrogen-bond acceptors (Lipinski definition) is 4. The first-order valence-electron chi connectivity index (χ1n) is 6.07. The van der Waals surface area contributed by atoms with E-state index in [9.17, 15) is 4.79 Å². The summed E-state index contributed by atoms with van der Waals surface area (Å²) >= 11 is 0. The molecule has 2 aromatic heterocycles. The molecule has 18 heavy (non-hydrogen) atoms. The van der Waals surface area contributed by atoms with Gasteiger partial charge in [-0.25, -0.2) is 4.52 Å². The minimum Gasteiger partial charge on any atom is -0.354 e. The number of amides is 1. The van der Waals surface area contributed by atoms with Crippen LogP contribution in [0.25, 0.3) is 5.65 Å². The number of anilines is 1. The van der Waals surface area contributed by atoms with Crippen molar-refractivity contribution in [3.63, 3.8) is 0 Å². The molecule has 0 bridgehead atoms. The van der Waals surface area contributed by atoms with Crippen molar-refractivity contribution in [1.29, 1.82) is 0 Å². The van der Waals surface area contributed by atoms with E-state index in [1.54, 1.807) is 4.52 Å². The molecular formula is C12H15N5O. The van der Waals surface area contributed by atoms with Gasteiger partial charge in [-0.3, -0.25) is 4.79 Å². The van der Waals surface area contributed by atoms with Gasteiger partial charge in [0.1, 0.15) is 0 Å². The highest BCUT2D eigenvalue weighted by Gasteiger charge is 2.19. The number of nitrogens with zero attached hydrogens (tertiary/aromatic N) is 3. The van der Waals surface area contributed by atoms with Crippen molar-refractivity contribution >= 4 is 17.5 Å². The molecular weight excluding hydrogens is 230 g/mol. The van der Waals surface area contributed by atoms with E-state index in [1.165, 1.54) is 0 Å². The van der Waals surface area contributed by atoms with Gasteiger partial charge < -0.3 is 10.6 Å². The zero-order chi connectivity index (χ0) is 12.5. The number of fused-ring (bicyclic) bond motifs is 1. The fraction of sp³-hybridized carbons (Fsp3) is 0.417. The summed E-state index contributed by atoms with van der Waals surface area (Å²) in [6.07, 6.45) is 3.26. The Morgan fingerprint density at radius 1 is 1.56 bits per heavy atom. The van der Waals surface area contributed by atoms with Gasteiger partial charge in [0.05, 0.1) is 0 Å². The molecule has 1 unspecified atom stereocenters. The third-order valence-electron chi connectivity index (χ3n) is 3.16.